The van der Waals surface area contributed by atoms with Crippen LogP contribution in [0.5, 0.6) is 0 Å². The van der Waals surface area contributed by atoms with Gasteiger partial charge in [-0.05, 0) is 25.4 Å². The van der Waals surface area contributed by atoms with Gasteiger partial charge in [0.25, 0.3) is 0 Å². The van der Waals surface area contributed by atoms with Crippen molar-refractivity contribution in [1.29, 1.82) is 0 Å². The Bertz CT molecular complexity index is 351. The minimum absolute atomic E-state index is 0.149. The zero-order valence-corrected chi connectivity index (χ0v) is 11.4. The SMILES string of the molecule is COCCN(C)CC(=O)c1ccc(SC)cc1. The molecule has 1 rings (SSSR count). The molecule has 0 saturated carbocycles. The fourth-order valence-corrected chi connectivity index (χ4v) is 1.85. The molecule has 1 aromatic rings. The van der Waals surface area contributed by atoms with Crippen molar-refractivity contribution in [2.45, 2.75) is 4.90 Å². The Kier molecular flexibility index (Phi) is 6.26. The summed E-state index contributed by atoms with van der Waals surface area (Å²) in [6.45, 7) is 1.85. The van der Waals surface area contributed by atoms with Crippen molar-refractivity contribution in [3.8, 4) is 0 Å². The summed E-state index contributed by atoms with van der Waals surface area (Å²) in [6.07, 6.45) is 2.02. The third-order valence-electron chi connectivity index (χ3n) is 2.50. The van der Waals surface area contributed by atoms with Crippen molar-refractivity contribution in [2.75, 3.05) is 40.1 Å². The summed E-state index contributed by atoms with van der Waals surface area (Å²) in [5.41, 5.74) is 0.770. The standard InChI is InChI=1S/C13H19NO2S/c1-14(8-9-16-2)10-13(15)11-4-6-12(17-3)7-5-11/h4-7H,8-10H2,1-3H3. The molecule has 4 heteroatoms. The van der Waals surface area contributed by atoms with E-state index in [2.05, 4.69) is 0 Å². The number of Topliss-reactive ketones (excluding diaryl/α,β-unsaturated/α-hetero) is 1. The molecule has 94 valence electrons. The molecule has 0 unspecified atom stereocenters. The second kappa shape index (κ2) is 7.48. The summed E-state index contributed by atoms with van der Waals surface area (Å²) < 4.78 is 4.97. The zero-order chi connectivity index (χ0) is 12.7. The van der Waals surface area contributed by atoms with Gasteiger partial charge in [0.05, 0.1) is 13.2 Å². The number of benzene rings is 1. The zero-order valence-electron chi connectivity index (χ0n) is 10.6. The first kappa shape index (κ1) is 14.2. The molecule has 0 atom stereocenters. The summed E-state index contributed by atoms with van der Waals surface area (Å²) in [7, 11) is 3.59. The maximum absolute atomic E-state index is 11.9. The fraction of sp³-hybridized carbons (Fsp3) is 0.462. The molecular weight excluding hydrogens is 234 g/mol. The Hall–Kier alpha value is -0.840. The van der Waals surface area contributed by atoms with Gasteiger partial charge in [-0.2, -0.15) is 0 Å². The number of likely N-dealkylation sites (N-methyl/N-ethyl adjacent to an activating group) is 1. The van der Waals surface area contributed by atoms with Crippen LogP contribution in [0.15, 0.2) is 29.2 Å². The number of ketones is 1. The number of nitrogens with zero attached hydrogens (tertiary/aromatic N) is 1. The van der Waals surface area contributed by atoms with Gasteiger partial charge in [-0.3, -0.25) is 9.69 Å². The van der Waals surface area contributed by atoms with Crippen LogP contribution in [0.4, 0.5) is 0 Å². The van der Waals surface area contributed by atoms with Gasteiger partial charge in [-0.25, -0.2) is 0 Å². The van der Waals surface area contributed by atoms with Gasteiger partial charge in [0, 0.05) is 24.1 Å². The molecule has 0 aromatic heterocycles. The minimum Gasteiger partial charge on any atom is -0.383 e. The highest BCUT2D eigenvalue weighted by Crippen LogP contribution is 2.15. The average Bonchev–Trinajstić information content (AvgIpc) is 2.36. The van der Waals surface area contributed by atoms with Crippen LogP contribution in [-0.4, -0.2) is 50.8 Å². The summed E-state index contributed by atoms with van der Waals surface area (Å²) in [6, 6.07) is 7.73. The quantitative estimate of drug-likeness (QED) is 0.550. The van der Waals surface area contributed by atoms with E-state index in [9.17, 15) is 4.79 Å². The second-order valence-corrected chi connectivity index (χ2v) is 4.76. The normalized spacial score (nSPS) is 10.8. The van der Waals surface area contributed by atoms with E-state index in [-0.39, 0.29) is 5.78 Å². The van der Waals surface area contributed by atoms with Gasteiger partial charge in [0.2, 0.25) is 0 Å². The van der Waals surface area contributed by atoms with Crippen molar-refractivity contribution in [1.82, 2.24) is 4.90 Å². The minimum atomic E-state index is 0.149. The van der Waals surface area contributed by atoms with E-state index in [1.54, 1.807) is 18.9 Å². The lowest BCUT2D eigenvalue weighted by Crippen LogP contribution is -2.29. The molecule has 0 radical (unpaired) electrons. The predicted molar refractivity (Wildman–Crippen MR) is 71.9 cm³/mol. The molecule has 0 aliphatic heterocycles. The van der Waals surface area contributed by atoms with Crippen LogP contribution in [-0.2, 0) is 4.74 Å². The van der Waals surface area contributed by atoms with Gasteiger partial charge in [0.15, 0.2) is 5.78 Å². The molecular formula is C13H19NO2S. The topological polar surface area (TPSA) is 29.5 Å². The van der Waals surface area contributed by atoms with Crippen LogP contribution in [0, 0.1) is 0 Å². The van der Waals surface area contributed by atoms with Crippen LogP contribution in [0.2, 0.25) is 0 Å². The molecule has 0 N–H and O–H groups in total. The Balaban J connectivity index is 2.51. The maximum atomic E-state index is 11.9. The number of ether oxygens (including phenoxy) is 1. The highest BCUT2D eigenvalue weighted by Gasteiger charge is 2.08. The first-order valence-electron chi connectivity index (χ1n) is 5.52. The second-order valence-electron chi connectivity index (χ2n) is 3.88. The van der Waals surface area contributed by atoms with Gasteiger partial charge < -0.3 is 4.74 Å². The number of hydrogen-bond acceptors (Lipinski definition) is 4. The van der Waals surface area contributed by atoms with E-state index in [0.29, 0.717) is 13.2 Å². The number of carbonyl (C=O) groups is 1. The third kappa shape index (κ3) is 4.89. The van der Waals surface area contributed by atoms with Gasteiger partial charge in [0.1, 0.15) is 0 Å². The monoisotopic (exact) mass is 253 g/mol. The fourth-order valence-electron chi connectivity index (χ4n) is 1.44. The average molecular weight is 253 g/mol. The Morgan fingerprint density at radius 2 is 2.00 bits per heavy atom. The summed E-state index contributed by atoms with van der Waals surface area (Å²) >= 11 is 1.68. The number of carbonyl (C=O) groups excluding carboxylic acids is 1. The Morgan fingerprint density at radius 1 is 1.35 bits per heavy atom. The molecule has 17 heavy (non-hydrogen) atoms. The molecule has 0 heterocycles. The highest BCUT2D eigenvalue weighted by atomic mass is 32.2. The molecule has 0 saturated heterocycles. The highest BCUT2D eigenvalue weighted by molar-refractivity contribution is 7.98. The number of thioether (sulfide) groups is 1. The van der Waals surface area contributed by atoms with Crippen molar-refractivity contribution in [3.05, 3.63) is 29.8 Å². The van der Waals surface area contributed by atoms with Crippen molar-refractivity contribution < 1.29 is 9.53 Å². The molecule has 0 amide bonds. The van der Waals surface area contributed by atoms with Gasteiger partial charge >= 0.3 is 0 Å². The summed E-state index contributed by atoms with van der Waals surface area (Å²) in [5.74, 6) is 0.149. The van der Waals surface area contributed by atoms with Crippen molar-refractivity contribution in [3.63, 3.8) is 0 Å². The molecule has 3 nitrogen and oxygen atoms in total. The molecule has 0 aliphatic carbocycles. The molecule has 0 aliphatic rings. The molecule has 0 spiro atoms. The van der Waals surface area contributed by atoms with E-state index in [1.807, 2.05) is 42.5 Å². The summed E-state index contributed by atoms with van der Waals surface area (Å²) in [5, 5.41) is 0. The van der Waals surface area contributed by atoms with E-state index < -0.39 is 0 Å². The number of hydrogen-bond donors (Lipinski definition) is 0. The lowest BCUT2D eigenvalue weighted by molar-refractivity contribution is 0.0922. The van der Waals surface area contributed by atoms with Crippen LogP contribution < -0.4 is 0 Å². The van der Waals surface area contributed by atoms with E-state index in [1.165, 1.54) is 4.90 Å². The lowest BCUT2D eigenvalue weighted by atomic mass is 10.1. The van der Waals surface area contributed by atoms with Gasteiger partial charge in [-0.1, -0.05) is 12.1 Å². The third-order valence-corrected chi connectivity index (χ3v) is 3.25. The smallest absolute Gasteiger partial charge is 0.176 e. The lowest BCUT2D eigenvalue weighted by Gasteiger charge is -2.14. The van der Waals surface area contributed by atoms with Crippen LogP contribution >= 0.6 is 11.8 Å². The van der Waals surface area contributed by atoms with Crippen molar-refractivity contribution in [2.24, 2.45) is 0 Å². The van der Waals surface area contributed by atoms with E-state index in [4.69, 9.17) is 4.74 Å². The van der Waals surface area contributed by atoms with Gasteiger partial charge in [-0.15, -0.1) is 11.8 Å². The molecule has 0 fully saturated rings. The summed E-state index contributed by atoms with van der Waals surface area (Å²) in [4.78, 5) is 15.1. The van der Waals surface area contributed by atoms with Crippen LogP contribution in [0.3, 0.4) is 0 Å². The largest absolute Gasteiger partial charge is 0.383 e. The van der Waals surface area contributed by atoms with E-state index >= 15 is 0 Å². The molecule has 0 bridgehead atoms. The number of methoxy groups -OCH3 is 1. The predicted octanol–water partition coefficient (Wildman–Crippen LogP) is 2.17. The van der Waals surface area contributed by atoms with E-state index in [0.717, 1.165) is 12.1 Å². The first-order valence-corrected chi connectivity index (χ1v) is 6.74. The number of rotatable bonds is 7. The maximum Gasteiger partial charge on any atom is 0.176 e. The Labute approximate surface area is 107 Å². The van der Waals surface area contributed by atoms with Crippen molar-refractivity contribution >= 4 is 17.5 Å². The van der Waals surface area contributed by atoms with Crippen LogP contribution in [0.25, 0.3) is 0 Å². The Morgan fingerprint density at radius 3 is 2.53 bits per heavy atom. The van der Waals surface area contributed by atoms with Crippen LogP contribution in [0.1, 0.15) is 10.4 Å². The first-order chi connectivity index (χ1) is 8.17. The molecule has 1 aromatic carbocycles.